The lowest BCUT2D eigenvalue weighted by molar-refractivity contribution is -0.121. The van der Waals surface area contributed by atoms with E-state index in [9.17, 15) is 9.59 Å². The lowest BCUT2D eigenvalue weighted by Gasteiger charge is -2.13. The Labute approximate surface area is 184 Å². The van der Waals surface area contributed by atoms with E-state index in [0.717, 1.165) is 0 Å². The van der Waals surface area contributed by atoms with Crippen LogP contribution in [0.15, 0.2) is 46.3 Å². The molecule has 2 N–H and O–H groups in total. The highest BCUT2D eigenvalue weighted by molar-refractivity contribution is 6.32. The Morgan fingerprint density at radius 1 is 1.23 bits per heavy atom. The Hall–Kier alpha value is -3.39. The van der Waals surface area contributed by atoms with Gasteiger partial charge in [-0.3, -0.25) is 9.59 Å². The molecule has 0 spiro atoms. The second-order valence-corrected chi connectivity index (χ2v) is 6.93. The highest BCUT2D eigenvalue weighted by atomic mass is 35.5. The van der Waals surface area contributed by atoms with Crippen LogP contribution in [-0.2, 0) is 11.2 Å². The second kappa shape index (κ2) is 10.6. The minimum Gasteiger partial charge on any atom is -0.490 e. The van der Waals surface area contributed by atoms with Gasteiger partial charge in [0.05, 0.1) is 35.5 Å². The lowest BCUT2D eigenvalue weighted by Crippen LogP contribution is -2.21. The minimum absolute atomic E-state index is 0.0694. The summed E-state index contributed by atoms with van der Waals surface area (Å²) in [7, 11) is 0. The third kappa shape index (κ3) is 5.82. The maximum Gasteiger partial charge on any atom is 0.270 e. The van der Waals surface area contributed by atoms with Gasteiger partial charge in [0.25, 0.3) is 5.56 Å². The highest BCUT2D eigenvalue weighted by Crippen LogP contribution is 2.36. The first-order chi connectivity index (χ1) is 15.0. The number of nitrogens with zero attached hydrogens (tertiary/aromatic N) is 2. The number of hydrazone groups is 1. The average Bonchev–Trinajstić information content (AvgIpc) is 2.75. The summed E-state index contributed by atoms with van der Waals surface area (Å²) in [5.74, 6) is 0.638. The van der Waals surface area contributed by atoms with Gasteiger partial charge in [-0.2, -0.15) is 5.10 Å². The van der Waals surface area contributed by atoms with E-state index in [1.54, 1.807) is 24.3 Å². The van der Waals surface area contributed by atoms with Crippen LogP contribution < -0.4 is 20.5 Å². The number of nitrogens with one attached hydrogen (secondary N) is 2. The lowest BCUT2D eigenvalue weighted by atomic mass is 10.2. The van der Waals surface area contributed by atoms with Gasteiger partial charge in [0.1, 0.15) is 5.69 Å². The Kier molecular flexibility index (Phi) is 7.61. The van der Waals surface area contributed by atoms with Gasteiger partial charge in [-0.15, -0.1) is 0 Å². The predicted molar refractivity (Wildman–Crippen MR) is 120 cm³/mol. The van der Waals surface area contributed by atoms with Gasteiger partial charge < -0.3 is 14.5 Å². The van der Waals surface area contributed by atoms with Crippen LogP contribution in [0.5, 0.6) is 11.5 Å². The summed E-state index contributed by atoms with van der Waals surface area (Å²) in [5.41, 5.74) is 4.42. The van der Waals surface area contributed by atoms with Crippen LogP contribution in [0.4, 0.5) is 0 Å². The number of amides is 1. The van der Waals surface area contributed by atoms with E-state index in [2.05, 4.69) is 20.5 Å². The fourth-order valence-electron chi connectivity index (χ4n) is 2.91. The molecule has 8 nitrogen and oxygen atoms in total. The van der Waals surface area contributed by atoms with Gasteiger partial charge in [-0.25, -0.2) is 10.4 Å². The fourth-order valence-corrected chi connectivity index (χ4v) is 3.19. The molecule has 31 heavy (non-hydrogen) atoms. The van der Waals surface area contributed by atoms with Crippen LogP contribution in [0.2, 0.25) is 5.02 Å². The van der Waals surface area contributed by atoms with Crippen LogP contribution in [0, 0.1) is 0 Å². The maximum absolute atomic E-state index is 12.1. The molecule has 0 saturated heterocycles. The number of fused-ring (bicyclic) bond motifs is 1. The zero-order valence-electron chi connectivity index (χ0n) is 17.3. The molecule has 1 amide bonds. The molecule has 0 aliphatic heterocycles. The molecule has 3 aromatic rings. The number of carbonyl (C=O) groups is 1. The van der Waals surface area contributed by atoms with Crippen molar-refractivity contribution in [2.45, 2.75) is 26.7 Å². The van der Waals surface area contributed by atoms with Crippen LogP contribution in [0.25, 0.3) is 11.0 Å². The second-order valence-electron chi connectivity index (χ2n) is 6.52. The quantitative estimate of drug-likeness (QED) is 0.390. The van der Waals surface area contributed by atoms with Crippen LogP contribution in [0.1, 0.15) is 31.5 Å². The van der Waals surface area contributed by atoms with Crippen molar-refractivity contribution in [3.8, 4) is 11.5 Å². The number of aryl methyl sites for hydroxylation is 1. The van der Waals surface area contributed by atoms with E-state index in [0.29, 0.717) is 52.0 Å². The third-order valence-electron chi connectivity index (χ3n) is 4.28. The van der Waals surface area contributed by atoms with E-state index >= 15 is 0 Å². The standard InChI is InChI=1S/C22H23ClN4O4/c1-3-30-19-12-14(11-15(23)21(19)31-4-2)13-24-27-20(28)10-9-18-22(29)26-17-8-6-5-7-16(17)25-18/h5-8,11-13H,3-4,9-10H2,1-2H3,(H,26,29)(H,27,28)/b24-13-. The number of hydrogen-bond acceptors (Lipinski definition) is 6. The van der Waals surface area contributed by atoms with Crippen molar-refractivity contribution in [3.05, 3.63) is 63.0 Å². The van der Waals surface area contributed by atoms with Gasteiger partial charge in [0.15, 0.2) is 11.5 Å². The van der Waals surface area contributed by atoms with Crippen molar-refractivity contribution < 1.29 is 14.3 Å². The molecule has 0 aliphatic rings. The minimum atomic E-state index is -0.340. The van der Waals surface area contributed by atoms with Gasteiger partial charge in [0, 0.05) is 12.8 Å². The first kappa shape index (κ1) is 22.3. The largest absolute Gasteiger partial charge is 0.490 e. The maximum atomic E-state index is 12.1. The van der Waals surface area contributed by atoms with E-state index in [1.165, 1.54) is 6.21 Å². The van der Waals surface area contributed by atoms with Gasteiger partial charge in [0.2, 0.25) is 5.91 Å². The summed E-state index contributed by atoms with van der Waals surface area (Å²) in [6.07, 6.45) is 1.73. The number of para-hydroxylation sites is 2. The summed E-state index contributed by atoms with van der Waals surface area (Å²) >= 11 is 6.27. The highest BCUT2D eigenvalue weighted by Gasteiger charge is 2.12. The smallest absolute Gasteiger partial charge is 0.270 e. The van der Waals surface area contributed by atoms with Crippen LogP contribution in [0.3, 0.4) is 0 Å². The Morgan fingerprint density at radius 2 is 2.00 bits per heavy atom. The van der Waals surface area contributed by atoms with Crippen molar-refractivity contribution in [1.82, 2.24) is 15.4 Å². The molecule has 9 heteroatoms. The van der Waals surface area contributed by atoms with Crippen molar-refractivity contribution in [1.29, 1.82) is 0 Å². The Balaban J connectivity index is 1.62. The van der Waals surface area contributed by atoms with E-state index in [-0.39, 0.29) is 24.3 Å². The molecule has 0 aliphatic carbocycles. The van der Waals surface area contributed by atoms with Crippen molar-refractivity contribution in [2.75, 3.05) is 13.2 Å². The molecule has 0 saturated carbocycles. The molecule has 1 aromatic heterocycles. The topological polar surface area (TPSA) is 106 Å². The number of aromatic amines is 1. The normalized spacial score (nSPS) is 11.1. The monoisotopic (exact) mass is 442 g/mol. The molecule has 0 unspecified atom stereocenters. The fraction of sp³-hybridized carbons (Fsp3) is 0.273. The van der Waals surface area contributed by atoms with Crippen molar-refractivity contribution in [2.24, 2.45) is 5.10 Å². The average molecular weight is 443 g/mol. The van der Waals surface area contributed by atoms with Gasteiger partial charge >= 0.3 is 0 Å². The van der Waals surface area contributed by atoms with Crippen LogP contribution in [-0.4, -0.2) is 35.3 Å². The number of hydrogen-bond donors (Lipinski definition) is 2. The molecule has 2 aromatic carbocycles. The van der Waals surface area contributed by atoms with Crippen molar-refractivity contribution in [3.63, 3.8) is 0 Å². The number of halogens is 1. The van der Waals surface area contributed by atoms with Crippen molar-refractivity contribution >= 4 is 34.8 Å². The molecule has 1 heterocycles. The number of ether oxygens (including phenoxy) is 2. The molecular weight excluding hydrogens is 420 g/mol. The van der Waals surface area contributed by atoms with Gasteiger partial charge in [-0.1, -0.05) is 23.7 Å². The van der Waals surface area contributed by atoms with E-state index in [1.807, 2.05) is 26.0 Å². The summed E-state index contributed by atoms with van der Waals surface area (Å²) in [6, 6.07) is 10.6. The molecule has 3 rings (SSSR count). The first-order valence-electron chi connectivity index (χ1n) is 9.90. The molecule has 0 radical (unpaired) electrons. The molecule has 162 valence electrons. The first-order valence-corrected chi connectivity index (χ1v) is 10.3. The summed E-state index contributed by atoms with van der Waals surface area (Å²) in [4.78, 5) is 31.3. The Morgan fingerprint density at radius 3 is 2.77 bits per heavy atom. The van der Waals surface area contributed by atoms with E-state index < -0.39 is 0 Å². The number of carbonyl (C=O) groups excluding carboxylic acids is 1. The third-order valence-corrected chi connectivity index (χ3v) is 4.56. The zero-order chi connectivity index (χ0) is 22.2. The summed E-state index contributed by atoms with van der Waals surface area (Å²) < 4.78 is 11.1. The number of rotatable bonds is 9. The SMILES string of the molecule is CCOc1cc(/C=N\NC(=O)CCc2nc3ccccc3[nH]c2=O)cc(Cl)c1OCC. The number of benzene rings is 2. The summed E-state index contributed by atoms with van der Waals surface area (Å²) in [6.45, 7) is 4.63. The number of aromatic nitrogens is 2. The molecule has 0 fully saturated rings. The molecule has 0 atom stereocenters. The number of H-pyrrole nitrogens is 1. The van der Waals surface area contributed by atoms with Crippen LogP contribution >= 0.6 is 11.6 Å². The Bertz CT molecular complexity index is 1160. The molecule has 0 bridgehead atoms. The molecular formula is C22H23ClN4O4. The predicted octanol–water partition coefficient (Wildman–Crippen LogP) is 3.46. The zero-order valence-corrected chi connectivity index (χ0v) is 18.0. The van der Waals surface area contributed by atoms with Gasteiger partial charge in [-0.05, 0) is 43.7 Å². The van der Waals surface area contributed by atoms with E-state index in [4.69, 9.17) is 21.1 Å². The summed E-state index contributed by atoms with van der Waals surface area (Å²) in [5, 5.41) is 4.35.